The third kappa shape index (κ3) is 7.67. The lowest BCUT2D eigenvalue weighted by Gasteiger charge is -2.16. The highest BCUT2D eigenvalue weighted by molar-refractivity contribution is 5.96. The number of carboxylic acids is 1. The van der Waals surface area contributed by atoms with E-state index in [0.29, 0.717) is 30.7 Å². The first-order valence-electron chi connectivity index (χ1n) is 11.5. The third-order valence-corrected chi connectivity index (χ3v) is 5.50. The topological polar surface area (TPSA) is 75.5 Å². The van der Waals surface area contributed by atoms with Gasteiger partial charge >= 0.3 is 24.3 Å². The van der Waals surface area contributed by atoms with Gasteiger partial charge in [-0.15, -0.1) is 0 Å². The van der Waals surface area contributed by atoms with Gasteiger partial charge in [-0.2, -0.15) is 36.3 Å². The van der Waals surface area contributed by atoms with Crippen LogP contribution in [0, 0.1) is 0 Å². The number of alkyl halides is 6. The van der Waals surface area contributed by atoms with Crippen molar-refractivity contribution in [2.24, 2.45) is 0 Å². The standard InChI is InChI=1S/C26H25F6N3O3/c1-35(2)11-6-12-38-24-33-20(21(23(36)37)22(34-24)17-7-4-3-5-8-17)10-9-16-13-18(25(27,28)29)15-19(14-16)26(30,31)32/h3-5,7-8,13-15H,6,9-12H2,1-2H3,(H,36,37). The van der Waals surface area contributed by atoms with Crippen LogP contribution in [0.3, 0.4) is 0 Å². The number of rotatable bonds is 10. The van der Waals surface area contributed by atoms with Gasteiger partial charge < -0.3 is 14.7 Å². The van der Waals surface area contributed by atoms with Crippen LogP contribution in [0.2, 0.25) is 0 Å². The fraction of sp³-hybridized carbons (Fsp3) is 0.346. The highest BCUT2D eigenvalue weighted by Crippen LogP contribution is 2.37. The van der Waals surface area contributed by atoms with Crippen molar-refractivity contribution in [3.8, 4) is 17.3 Å². The molecule has 38 heavy (non-hydrogen) atoms. The van der Waals surface area contributed by atoms with Gasteiger partial charge in [0.1, 0.15) is 5.56 Å². The predicted molar refractivity (Wildman–Crippen MR) is 127 cm³/mol. The quantitative estimate of drug-likeness (QED) is 0.251. The summed E-state index contributed by atoms with van der Waals surface area (Å²) in [6, 6.07) is 9.45. The van der Waals surface area contributed by atoms with E-state index in [1.165, 1.54) is 0 Å². The van der Waals surface area contributed by atoms with Crippen LogP contribution < -0.4 is 4.74 Å². The number of carboxylic acid groups (broad SMARTS) is 1. The highest BCUT2D eigenvalue weighted by Gasteiger charge is 2.37. The predicted octanol–water partition coefficient (Wildman–Crippen LogP) is 6.00. The molecule has 0 saturated heterocycles. The van der Waals surface area contributed by atoms with Crippen molar-refractivity contribution in [2.45, 2.75) is 31.6 Å². The molecule has 0 amide bonds. The van der Waals surface area contributed by atoms with Gasteiger partial charge in [-0.25, -0.2) is 4.79 Å². The Bertz CT molecular complexity index is 1230. The zero-order chi connectivity index (χ0) is 28.1. The smallest absolute Gasteiger partial charge is 0.416 e. The summed E-state index contributed by atoms with van der Waals surface area (Å²) in [5.74, 6) is -1.39. The van der Waals surface area contributed by atoms with Crippen molar-refractivity contribution in [2.75, 3.05) is 27.2 Å². The zero-order valence-corrected chi connectivity index (χ0v) is 20.5. The van der Waals surface area contributed by atoms with Crippen LogP contribution in [0.15, 0.2) is 48.5 Å². The molecule has 0 atom stereocenters. The first-order valence-corrected chi connectivity index (χ1v) is 11.5. The van der Waals surface area contributed by atoms with Crippen molar-refractivity contribution >= 4 is 5.97 Å². The molecule has 0 fully saturated rings. The maximum absolute atomic E-state index is 13.3. The number of halogens is 6. The Morgan fingerprint density at radius 1 is 0.921 bits per heavy atom. The van der Waals surface area contributed by atoms with E-state index in [2.05, 4.69) is 9.97 Å². The molecule has 1 aromatic heterocycles. The summed E-state index contributed by atoms with van der Waals surface area (Å²) in [6.45, 7) is 0.906. The van der Waals surface area contributed by atoms with Crippen molar-refractivity contribution in [1.29, 1.82) is 0 Å². The molecule has 0 spiro atoms. The molecule has 0 aliphatic carbocycles. The Balaban J connectivity index is 2.03. The highest BCUT2D eigenvalue weighted by atomic mass is 19.4. The first kappa shape index (κ1) is 28.9. The van der Waals surface area contributed by atoms with Gasteiger partial charge in [0.25, 0.3) is 0 Å². The van der Waals surface area contributed by atoms with Gasteiger partial charge in [0, 0.05) is 12.1 Å². The summed E-state index contributed by atoms with van der Waals surface area (Å²) in [4.78, 5) is 22.6. The summed E-state index contributed by atoms with van der Waals surface area (Å²) in [5, 5.41) is 9.95. The minimum Gasteiger partial charge on any atom is -0.478 e. The maximum Gasteiger partial charge on any atom is 0.416 e. The average molecular weight is 541 g/mol. The van der Waals surface area contributed by atoms with E-state index in [1.807, 2.05) is 19.0 Å². The molecule has 0 bridgehead atoms. The molecular formula is C26H25F6N3O3. The Labute approximate surface area is 214 Å². The molecule has 0 saturated carbocycles. The van der Waals surface area contributed by atoms with E-state index in [1.54, 1.807) is 30.3 Å². The molecule has 1 N–H and O–H groups in total. The molecule has 0 aliphatic heterocycles. The number of hydrogen-bond donors (Lipinski definition) is 1. The van der Waals surface area contributed by atoms with Gasteiger partial charge in [-0.05, 0) is 57.1 Å². The molecule has 6 nitrogen and oxygen atoms in total. The Morgan fingerprint density at radius 2 is 1.53 bits per heavy atom. The van der Waals surface area contributed by atoms with E-state index in [0.717, 1.165) is 0 Å². The zero-order valence-electron chi connectivity index (χ0n) is 20.5. The largest absolute Gasteiger partial charge is 0.478 e. The second-order valence-corrected chi connectivity index (χ2v) is 8.77. The molecular weight excluding hydrogens is 516 g/mol. The normalized spacial score (nSPS) is 12.1. The summed E-state index contributed by atoms with van der Waals surface area (Å²) in [7, 11) is 3.75. The summed E-state index contributed by atoms with van der Waals surface area (Å²) in [5.41, 5.74) is -3.07. The number of benzene rings is 2. The number of aryl methyl sites for hydroxylation is 2. The van der Waals surface area contributed by atoms with E-state index < -0.39 is 29.4 Å². The second-order valence-electron chi connectivity index (χ2n) is 8.77. The minimum absolute atomic E-state index is 0.0331. The molecule has 3 aromatic rings. The van der Waals surface area contributed by atoms with Gasteiger partial charge in [0.15, 0.2) is 0 Å². The van der Waals surface area contributed by atoms with Crippen molar-refractivity contribution < 1.29 is 41.0 Å². The monoisotopic (exact) mass is 541 g/mol. The number of ether oxygens (including phenoxy) is 1. The molecule has 3 rings (SSSR count). The van der Waals surface area contributed by atoms with Crippen LogP contribution >= 0.6 is 0 Å². The Morgan fingerprint density at radius 3 is 2.05 bits per heavy atom. The molecule has 1 heterocycles. The van der Waals surface area contributed by atoms with E-state index in [4.69, 9.17) is 4.74 Å². The lowest BCUT2D eigenvalue weighted by atomic mass is 9.98. The van der Waals surface area contributed by atoms with Crippen LogP contribution in [0.1, 0.15) is 39.2 Å². The summed E-state index contributed by atoms with van der Waals surface area (Å²) >= 11 is 0. The summed E-state index contributed by atoms with van der Waals surface area (Å²) in [6.07, 6.45) is -9.98. The van der Waals surface area contributed by atoms with E-state index >= 15 is 0 Å². The Hall–Kier alpha value is -3.67. The van der Waals surface area contributed by atoms with E-state index in [-0.39, 0.29) is 54.0 Å². The maximum atomic E-state index is 13.3. The first-order chi connectivity index (χ1) is 17.8. The summed E-state index contributed by atoms with van der Waals surface area (Å²) < 4.78 is 85.3. The number of hydrogen-bond acceptors (Lipinski definition) is 5. The van der Waals surface area contributed by atoms with Crippen molar-refractivity contribution in [3.05, 3.63) is 76.5 Å². The fourth-order valence-electron chi connectivity index (χ4n) is 3.73. The molecule has 12 heteroatoms. The van der Waals surface area contributed by atoms with Gasteiger partial charge in [-0.1, -0.05) is 30.3 Å². The Kier molecular flexibility index (Phi) is 8.97. The minimum atomic E-state index is -4.99. The second kappa shape index (κ2) is 11.8. The lowest BCUT2D eigenvalue weighted by Crippen LogP contribution is -2.17. The van der Waals surface area contributed by atoms with Crippen LogP contribution in [0.5, 0.6) is 6.01 Å². The third-order valence-electron chi connectivity index (χ3n) is 5.50. The molecule has 0 aliphatic rings. The SMILES string of the molecule is CN(C)CCCOc1nc(CCc2cc(C(F)(F)F)cc(C(F)(F)F)c2)c(C(=O)O)c(-c2ccccc2)n1. The van der Waals surface area contributed by atoms with Crippen molar-refractivity contribution in [3.63, 3.8) is 0 Å². The number of aromatic nitrogens is 2. The lowest BCUT2D eigenvalue weighted by molar-refractivity contribution is -0.143. The van der Waals surface area contributed by atoms with Crippen LogP contribution in [-0.4, -0.2) is 53.2 Å². The molecule has 0 radical (unpaired) electrons. The van der Waals surface area contributed by atoms with Crippen LogP contribution in [0.4, 0.5) is 26.3 Å². The average Bonchev–Trinajstić information content (AvgIpc) is 2.84. The molecule has 204 valence electrons. The molecule has 2 aromatic carbocycles. The molecule has 0 unspecified atom stereocenters. The van der Waals surface area contributed by atoms with Gasteiger partial charge in [0.2, 0.25) is 0 Å². The fourth-order valence-corrected chi connectivity index (χ4v) is 3.73. The van der Waals surface area contributed by atoms with Crippen molar-refractivity contribution in [1.82, 2.24) is 14.9 Å². The van der Waals surface area contributed by atoms with Crippen LogP contribution in [0.25, 0.3) is 11.3 Å². The van der Waals surface area contributed by atoms with Gasteiger partial charge in [0.05, 0.1) is 29.1 Å². The number of aromatic carboxylic acids is 1. The van der Waals surface area contributed by atoms with E-state index in [9.17, 15) is 36.2 Å². The number of nitrogens with zero attached hydrogens (tertiary/aromatic N) is 3. The number of carbonyl (C=O) groups is 1. The van der Waals surface area contributed by atoms with Gasteiger partial charge in [-0.3, -0.25) is 0 Å². The van der Waals surface area contributed by atoms with Crippen LogP contribution in [-0.2, 0) is 25.2 Å².